The molecule has 0 N–H and O–H groups in total. The number of halogens is 1. The van der Waals surface area contributed by atoms with E-state index in [1.165, 1.54) is 64.7 Å². The summed E-state index contributed by atoms with van der Waals surface area (Å²) in [5.41, 5.74) is 0.384. The lowest BCUT2D eigenvalue weighted by Gasteiger charge is -2.15. The Kier molecular flexibility index (Phi) is 6.16. The first-order valence-electron chi connectivity index (χ1n) is 7.72. The molecule has 0 heterocycles. The molecule has 0 spiro atoms. The maximum atomic E-state index is 13.0. The molecule has 0 radical (unpaired) electrons. The lowest BCUT2D eigenvalue weighted by atomic mass is 10.1. The number of ketones is 1. The molecule has 0 fully saturated rings. The summed E-state index contributed by atoms with van der Waals surface area (Å²) in [7, 11) is 4.29. The highest BCUT2D eigenvalue weighted by Gasteiger charge is 2.23. The van der Waals surface area contributed by atoms with Gasteiger partial charge in [-0.05, 0) is 43.3 Å². The molecule has 0 unspecified atom stereocenters. The Bertz CT molecular complexity index is 775. The van der Waals surface area contributed by atoms with Gasteiger partial charge in [-0.15, -0.1) is 0 Å². The van der Waals surface area contributed by atoms with Crippen LogP contribution in [0.3, 0.4) is 0 Å². The molecule has 0 aromatic heterocycles. The van der Waals surface area contributed by atoms with Gasteiger partial charge < -0.3 is 18.9 Å². The van der Waals surface area contributed by atoms with Gasteiger partial charge >= 0.3 is 5.97 Å². The summed E-state index contributed by atoms with van der Waals surface area (Å²) in [5, 5.41) is 0. The molecule has 138 valence electrons. The first-order valence-corrected chi connectivity index (χ1v) is 7.72. The number of hydrogen-bond donors (Lipinski definition) is 0. The van der Waals surface area contributed by atoms with E-state index in [4.69, 9.17) is 18.9 Å². The lowest BCUT2D eigenvalue weighted by Crippen LogP contribution is -2.24. The maximum Gasteiger partial charge on any atom is 0.339 e. The van der Waals surface area contributed by atoms with Crippen LogP contribution in [0.4, 0.5) is 4.39 Å². The Morgan fingerprint density at radius 1 is 0.885 bits per heavy atom. The van der Waals surface area contributed by atoms with Gasteiger partial charge in [-0.2, -0.15) is 0 Å². The number of ether oxygens (including phenoxy) is 4. The average Bonchev–Trinajstić information content (AvgIpc) is 2.66. The Morgan fingerprint density at radius 3 is 1.88 bits per heavy atom. The smallest absolute Gasteiger partial charge is 0.339 e. The number of hydrogen-bond acceptors (Lipinski definition) is 6. The number of rotatable bonds is 7. The fourth-order valence-electron chi connectivity index (χ4n) is 2.33. The molecule has 0 bridgehead atoms. The van der Waals surface area contributed by atoms with Crippen LogP contribution in [0.2, 0.25) is 0 Å². The van der Waals surface area contributed by atoms with Gasteiger partial charge in [-0.1, -0.05) is 0 Å². The van der Waals surface area contributed by atoms with Gasteiger partial charge in [0.15, 0.2) is 17.6 Å². The fourth-order valence-corrected chi connectivity index (χ4v) is 2.33. The molecule has 0 amide bonds. The zero-order valence-corrected chi connectivity index (χ0v) is 14.9. The summed E-state index contributed by atoms with van der Waals surface area (Å²) in [6, 6.07) is 7.86. The Morgan fingerprint density at radius 2 is 1.42 bits per heavy atom. The van der Waals surface area contributed by atoms with E-state index in [9.17, 15) is 14.0 Å². The number of benzene rings is 2. The van der Waals surface area contributed by atoms with Crippen molar-refractivity contribution in [3.05, 3.63) is 53.3 Å². The molecular formula is C19H19FO6. The summed E-state index contributed by atoms with van der Waals surface area (Å²) in [4.78, 5) is 24.7. The van der Waals surface area contributed by atoms with Crippen molar-refractivity contribution in [3.63, 3.8) is 0 Å². The van der Waals surface area contributed by atoms with Crippen molar-refractivity contribution >= 4 is 11.8 Å². The molecule has 2 aromatic rings. The number of methoxy groups -OCH3 is 3. The van der Waals surface area contributed by atoms with Gasteiger partial charge in [0.05, 0.1) is 26.9 Å². The lowest BCUT2D eigenvalue weighted by molar-refractivity contribution is 0.0318. The second-order valence-electron chi connectivity index (χ2n) is 5.33. The molecule has 0 aliphatic rings. The van der Waals surface area contributed by atoms with E-state index in [0.717, 1.165) is 0 Å². The van der Waals surface area contributed by atoms with Crippen molar-refractivity contribution in [1.29, 1.82) is 0 Å². The Hall–Kier alpha value is -3.09. The van der Waals surface area contributed by atoms with Crippen molar-refractivity contribution in [1.82, 2.24) is 0 Å². The van der Waals surface area contributed by atoms with Crippen molar-refractivity contribution in [2.24, 2.45) is 0 Å². The molecule has 26 heavy (non-hydrogen) atoms. The van der Waals surface area contributed by atoms with Crippen LogP contribution in [0, 0.1) is 5.82 Å². The highest BCUT2D eigenvalue weighted by atomic mass is 19.1. The zero-order chi connectivity index (χ0) is 19.3. The molecule has 2 aromatic carbocycles. The highest BCUT2D eigenvalue weighted by molar-refractivity contribution is 6.01. The molecule has 0 aliphatic heterocycles. The summed E-state index contributed by atoms with van der Waals surface area (Å²) in [5.74, 6) is -0.712. The van der Waals surface area contributed by atoms with E-state index in [2.05, 4.69) is 0 Å². The van der Waals surface area contributed by atoms with Crippen LogP contribution in [0.15, 0.2) is 36.4 Å². The average molecular weight is 362 g/mol. The van der Waals surface area contributed by atoms with Crippen LogP contribution in [0.1, 0.15) is 27.6 Å². The minimum atomic E-state index is -1.05. The summed E-state index contributed by atoms with van der Waals surface area (Å²) in [6.07, 6.45) is -1.05. The third kappa shape index (κ3) is 4.11. The van der Waals surface area contributed by atoms with Gasteiger partial charge in [0.2, 0.25) is 11.5 Å². The number of esters is 1. The number of carbonyl (C=O) groups excluding carboxylic acids is 2. The SMILES string of the molecule is COc1cc(C(=O)O[C@@H](C)C(=O)c2ccc(F)cc2)cc(OC)c1OC. The predicted molar refractivity (Wildman–Crippen MR) is 91.7 cm³/mol. The van der Waals surface area contributed by atoms with Crippen LogP contribution in [0.25, 0.3) is 0 Å². The van der Waals surface area contributed by atoms with Crippen molar-refractivity contribution < 1.29 is 32.9 Å². The first-order chi connectivity index (χ1) is 12.4. The van der Waals surface area contributed by atoms with Gasteiger partial charge in [0.25, 0.3) is 0 Å². The van der Waals surface area contributed by atoms with Gasteiger partial charge in [0.1, 0.15) is 5.82 Å². The van der Waals surface area contributed by atoms with E-state index in [0.29, 0.717) is 5.75 Å². The third-order valence-corrected chi connectivity index (χ3v) is 3.68. The standard InChI is InChI=1S/C19H19FO6/c1-11(17(21)12-5-7-14(20)8-6-12)26-19(22)13-9-15(23-2)18(25-4)16(10-13)24-3/h5-11H,1-4H3/t11-/m0/s1. The molecular weight excluding hydrogens is 343 g/mol. The minimum Gasteiger partial charge on any atom is -0.493 e. The third-order valence-electron chi connectivity index (χ3n) is 3.68. The van der Waals surface area contributed by atoms with Crippen LogP contribution in [0.5, 0.6) is 17.2 Å². The monoisotopic (exact) mass is 362 g/mol. The van der Waals surface area contributed by atoms with Gasteiger partial charge in [0, 0.05) is 5.56 Å². The van der Waals surface area contributed by atoms with E-state index in [1.54, 1.807) is 0 Å². The van der Waals surface area contributed by atoms with Crippen LogP contribution in [-0.2, 0) is 4.74 Å². The van der Waals surface area contributed by atoms with Crippen LogP contribution >= 0.6 is 0 Å². The minimum absolute atomic E-state index is 0.137. The van der Waals surface area contributed by atoms with Gasteiger partial charge in [-0.3, -0.25) is 4.79 Å². The van der Waals surface area contributed by atoms with Crippen LogP contribution in [-0.4, -0.2) is 39.2 Å². The molecule has 1 atom stereocenters. The topological polar surface area (TPSA) is 71.1 Å². The second-order valence-corrected chi connectivity index (χ2v) is 5.33. The van der Waals surface area contributed by atoms with E-state index < -0.39 is 23.7 Å². The summed E-state index contributed by atoms with van der Waals surface area (Å²) >= 11 is 0. The van der Waals surface area contributed by atoms with Crippen molar-refractivity contribution in [2.75, 3.05) is 21.3 Å². The molecule has 6 nitrogen and oxygen atoms in total. The molecule has 7 heteroatoms. The Balaban J connectivity index is 2.21. The molecule has 0 saturated carbocycles. The largest absolute Gasteiger partial charge is 0.493 e. The Labute approximate surface area is 150 Å². The number of Topliss-reactive ketones (excluding diaryl/α,β-unsaturated/α-hetero) is 1. The van der Waals surface area contributed by atoms with Gasteiger partial charge in [-0.25, -0.2) is 9.18 Å². The van der Waals surface area contributed by atoms with Crippen molar-refractivity contribution in [2.45, 2.75) is 13.0 Å². The molecule has 0 aliphatic carbocycles. The maximum absolute atomic E-state index is 13.0. The predicted octanol–water partition coefficient (Wildman–Crippen LogP) is 3.28. The van der Waals surface area contributed by atoms with E-state index in [1.807, 2.05) is 0 Å². The molecule has 0 saturated heterocycles. The normalized spacial score (nSPS) is 11.4. The van der Waals surface area contributed by atoms with Crippen LogP contribution < -0.4 is 14.2 Å². The second kappa shape index (κ2) is 8.33. The fraction of sp³-hybridized carbons (Fsp3) is 0.263. The number of carbonyl (C=O) groups is 2. The summed E-state index contributed by atoms with van der Waals surface area (Å²) < 4.78 is 33.7. The first kappa shape index (κ1) is 19.2. The van der Waals surface area contributed by atoms with Crippen molar-refractivity contribution in [3.8, 4) is 17.2 Å². The van der Waals surface area contributed by atoms with E-state index >= 15 is 0 Å². The molecule has 2 rings (SSSR count). The zero-order valence-electron chi connectivity index (χ0n) is 14.9. The quantitative estimate of drug-likeness (QED) is 0.556. The highest BCUT2D eigenvalue weighted by Crippen LogP contribution is 2.38. The summed E-state index contributed by atoms with van der Waals surface area (Å²) in [6.45, 7) is 1.45. The van der Waals surface area contributed by atoms with E-state index in [-0.39, 0.29) is 22.6 Å².